The van der Waals surface area contributed by atoms with Crippen molar-refractivity contribution in [1.82, 2.24) is 19.7 Å². The van der Waals surface area contributed by atoms with Gasteiger partial charge in [0.2, 0.25) is 5.91 Å². The number of nitrogens with one attached hydrogen (secondary N) is 2. The van der Waals surface area contributed by atoms with Crippen LogP contribution >= 0.6 is 0 Å². The Hall–Kier alpha value is -2.71. The van der Waals surface area contributed by atoms with Crippen molar-refractivity contribution in [1.29, 1.82) is 0 Å². The molecule has 158 valence electrons. The second-order valence-corrected chi connectivity index (χ2v) is 8.33. The van der Waals surface area contributed by atoms with Gasteiger partial charge in [0.15, 0.2) is 0 Å². The lowest BCUT2D eigenvalue weighted by Crippen LogP contribution is -2.27. The number of benzene rings is 1. The normalized spacial score (nSPS) is 24.2. The van der Waals surface area contributed by atoms with Crippen molar-refractivity contribution in [2.24, 2.45) is 5.92 Å². The smallest absolute Gasteiger partial charge is 0.230 e. The van der Waals surface area contributed by atoms with E-state index in [2.05, 4.69) is 34.2 Å². The number of aromatic nitrogens is 4. The third-order valence-corrected chi connectivity index (χ3v) is 5.91. The molecule has 2 fully saturated rings. The van der Waals surface area contributed by atoms with Crippen molar-refractivity contribution in [2.45, 2.75) is 51.4 Å². The zero-order chi connectivity index (χ0) is 20.7. The highest BCUT2D eigenvalue weighted by Gasteiger charge is 2.37. The molecule has 0 unspecified atom stereocenters. The molecule has 1 aromatic carbocycles. The van der Waals surface area contributed by atoms with E-state index in [4.69, 9.17) is 9.47 Å². The molecule has 4 heterocycles. The standard InChI is InChI=1S/C22H27N5O3/c1-13(2)27-18(7-9-23-27)20-15(8-11-30-20)22(28)24-14-5-6-16-17(12-14)26-21(25-16)19-4-3-10-29-19/h5-7,9,12-13,15,19-20H,3-4,8,10-11H2,1-2H3,(H,24,28)(H,25,26)/t15-,19+,20-/m0/s1. The van der Waals surface area contributed by atoms with Gasteiger partial charge in [-0.1, -0.05) is 0 Å². The minimum absolute atomic E-state index is 0.0350. The first-order valence-corrected chi connectivity index (χ1v) is 10.7. The Balaban J connectivity index is 1.34. The SMILES string of the molecule is CC(C)n1nccc1[C@H]1OCC[C@@H]1C(=O)Nc1ccc2nc([C@H]3CCCO3)[nH]c2c1. The minimum atomic E-state index is -0.281. The maximum atomic E-state index is 13.1. The van der Waals surface area contributed by atoms with Crippen LogP contribution in [0.3, 0.4) is 0 Å². The van der Waals surface area contributed by atoms with E-state index < -0.39 is 0 Å². The highest BCUT2D eigenvalue weighted by Crippen LogP contribution is 2.36. The molecule has 0 spiro atoms. The molecule has 2 saturated heterocycles. The van der Waals surface area contributed by atoms with Crippen molar-refractivity contribution < 1.29 is 14.3 Å². The molecule has 2 aliphatic rings. The average Bonchev–Trinajstić information content (AvgIpc) is 3.53. The summed E-state index contributed by atoms with van der Waals surface area (Å²) in [6.07, 6.45) is 4.26. The number of carbonyl (C=O) groups is 1. The molecule has 5 rings (SSSR count). The van der Waals surface area contributed by atoms with Crippen LogP contribution in [0.4, 0.5) is 5.69 Å². The lowest BCUT2D eigenvalue weighted by Gasteiger charge is -2.21. The van der Waals surface area contributed by atoms with Gasteiger partial charge in [0.25, 0.3) is 0 Å². The van der Waals surface area contributed by atoms with Gasteiger partial charge >= 0.3 is 0 Å². The van der Waals surface area contributed by atoms with Gasteiger partial charge in [-0.25, -0.2) is 4.98 Å². The van der Waals surface area contributed by atoms with Crippen molar-refractivity contribution in [3.63, 3.8) is 0 Å². The molecule has 2 aromatic heterocycles. The Labute approximate surface area is 175 Å². The van der Waals surface area contributed by atoms with Crippen LogP contribution in [0.15, 0.2) is 30.5 Å². The van der Waals surface area contributed by atoms with E-state index in [1.54, 1.807) is 6.20 Å². The predicted molar refractivity (Wildman–Crippen MR) is 112 cm³/mol. The van der Waals surface area contributed by atoms with Crippen LogP contribution in [0, 0.1) is 5.92 Å². The van der Waals surface area contributed by atoms with E-state index in [9.17, 15) is 4.79 Å². The molecule has 8 heteroatoms. The second-order valence-electron chi connectivity index (χ2n) is 8.33. The van der Waals surface area contributed by atoms with Gasteiger partial charge < -0.3 is 19.8 Å². The molecule has 2 N–H and O–H groups in total. The predicted octanol–water partition coefficient (Wildman–Crippen LogP) is 3.91. The molecule has 0 saturated carbocycles. The third kappa shape index (κ3) is 3.50. The first kappa shape index (κ1) is 19.3. The van der Waals surface area contributed by atoms with Gasteiger partial charge in [-0.05, 0) is 57.4 Å². The summed E-state index contributed by atoms with van der Waals surface area (Å²) in [6, 6.07) is 7.91. The van der Waals surface area contributed by atoms with Crippen LogP contribution in [-0.4, -0.2) is 38.9 Å². The van der Waals surface area contributed by atoms with Gasteiger partial charge in [-0.2, -0.15) is 5.10 Å². The van der Waals surface area contributed by atoms with Crippen LogP contribution in [0.25, 0.3) is 11.0 Å². The molecule has 30 heavy (non-hydrogen) atoms. The molecule has 2 aliphatic heterocycles. The van der Waals surface area contributed by atoms with Gasteiger partial charge in [0, 0.05) is 31.1 Å². The van der Waals surface area contributed by atoms with Crippen molar-refractivity contribution in [2.75, 3.05) is 18.5 Å². The molecular weight excluding hydrogens is 382 g/mol. The Bertz CT molecular complexity index is 1050. The fraction of sp³-hybridized carbons (Fsp3) is 0.500. The summed E-state index contributed by atoms with van der Waals surface area (Å²) in [5.74, 6) is 0.573. The van der Waals surface area contributed by atoms with E-state index in [0.717, 1.165) is 47.7 Å². The summed E-state index contributed by atoms with van der Waals surface area (Å²) >= 11 is 0. The van der Waals surface area contributed by atoms with Crippen LogP contribution in [0.2, 0.25) is 0 Å². The molecule has 0 aliphatic carbocycles. The van der Waals surface area contributed by atoms with E-state index in [-0.39, 0.29) is 30.1 Å². The highest BCUT2D eigenvalue weighted by atomic mass is 16.5. The number of amides is 1. The number of anilines is 1. The molecular formula is C22H27N5O3. The van der Waals surface area contributed by atoms with Crippen molar-refractivity contribution in [3.05, 3.63) is 42.0 Å². The average molecular weight is 409 g/mol. The summed E-state index contributed by atoms with van der Waals surface area (Å²) < 4.78 is 13.6. The van der Waals surface area contributed by atoms with Gasteiger partial charge in [0.1, 0.15) is 18.0 Å². The van der Waals surface area contributed by atoms with Crippen LogP contribution in [-0.2, 0) is 14.3 Å². The topological polar surface area (TPSA) is 94.1 Å². The highest BCUT2D eigenvalue weighted by molar-refractivity contribution is 5.95. The van der Waals surface area contributed by atoms with Crippen LogP contribution in [0.1, 0.15) is 62.9 Å². The number of aromatic amines is 1. The van der Waals surface area contributed by atoms with Crippen molar-refractivity contribution >= 4 is 22.6 Å². The number of ether oxygens (including phenoxy) is 2. The first-order valence-electron chi connectivity index (χ1n) is 10.7. The molecule has 8 nitrogen and oxygen atoms in total. The largest absolute Gasteiger partial charge is 0.371 e. The van der Waals surface area contributed by atoms with Crippen LogP contribution in [0.5, 0.6) is 0 Å². The zero-order valence-electron chi connectivity index (χ0n) is 17.3. The van der Waals surface area contributed by atoms with Crippen LogP contribution < -0.4 is 5.32 Å². The number of rotatable bonds is 5. The molecule has 3 atom stereocenters. The number of H-pyrrole nitrogens is 1. The maximum Gasteiger partial charge on any atom is 0.230 e. The number of carbonyl (C=O) groups excluding carboxylic acids is 1. The van der Waals surface area contributed by atoms with E-state index in [1.165, 1.54) is 0 Å². The Kier molecular flexibility index (Phi) is 5.04. The number of hydrogen-bond donors (Lipinski definition) is 2. The zero-order valence-corrected chi connectivity index (χ0v) is 17.3. The molecule has 0 bridgehead atoms. The quantitative estimate of drug-likeness (QED) is 0.666. The lowest BCUT2D eigenvalue weighted by molar-refractivity contribution is -0.121. The number of hydrogen-bond acceptors (Lipinski definition) is 5. The van der Waals surface area contributed by atoms with E-state index in [0.29, 0.717) is 13.0 Å². The fourth-order valence-corrected chi connectivity index (χ4v) is 4.42. The maximum absolute atomic E-state index is 13.1. The van der Waals surface area contributed by atoms with Gasteiger partial charge in [-0.3, -0.25) is 9.48 Å². The summed E-state index contributed by atoms with van der Waals surface area (Å²) in [4.78, 5) is 21.1. The van der Waals surface area contributed by atoms with E-state index in [1.807, 2.05) is 28.9 Å². The fourth-order valence-electron chi connectivity index (χ4n) is 4.42. The summed E-state index contributed by atoms with van der Waals surface area (Å²) in [6.45, 7) is 5.50. The Morgan fingerprint density at radius 2 is 2.13 bits per heavy atom. The Morgan fingerprint density at radius 3 is 2.93 bits per heavy atom. The third-order valence-electron chi connectivity index (χ3n) is 5.91. The molecule has 3 aromatic rings. The first-order chi connectivity index (χ1) is 14.6. The summed E-state index contributed by atoms with van der Waals surface area (Å²) in [5, 5.41) is 7.46. The summed E-state index contributed by atoms with van der Waals surface area (Å²) in [5.41, 5.74) is 3.47. The second kappa shape index (κ2) is 7.85. The van der Waals surface area contributed by atoms with Gasteiger partial charge in [0.05, 0.1) is 22.6 Å². The van der Waals surface area contributed by atoms with Gasteiger partial charge in [-0.15, -0.1) is 0 Å². The van der Waals surface area contributed by atoms with E-state index >= 15 is 0 Å². The number of fused-ring (bicyclic) bond motifs is 1. The molecule has 0 radical (unpaired) electrons. The molecule has 1 amide bonds. The monoisotopic (exact) mass is 409 g/mol. The Morgan fingerprint density at radius 1 is 1.23 bits per heavy atom. The summed E-state index contributed by atoms with van der Waals surface area (Å²) in [7, 11) is 0. The lowest BCUT2D eigenvalue weighted by atomic mass is 9.97. The number of imidazole rings is 1. The minimum Gasteiger partial charge on any atom is -0.371 e. The number of nitrogens with zero attached hydrogens (tertiary/aromatic N) is 3. The van der Waals surface area contributed by atoms with Crippen molar-refractivity contribution in [3.8, 4) is 0 Å².